The summed E-state index contributed by atoms with van der Waals surface area (Å²) < 4.78 is 0. The van der Waals surface area contributed by atoms with E-state index in [2.05, 4.69) is 111 Å². The second kappa shape index (κ2) is 35.3. The molecule has 0 saturated heterocycles. The molecule has 10 aromatic carbocycles. The molecule has 12 heteroatoms. The first-order valence-electron chi connectivity index (χ1n) is 26.0. The van der Waals surface area contributed by atoms with Crippen molar-refractivity contribution >= 4 is 64.9 Å². The number of aliphatic hydroxyl groups excluding tert-OH is 4. The van der Waals surface area contributed by atoms with Gasteiger partial charge >= 0.3 is 0 Å². The van der Waals surface area contributed by atoms with Gasteiger partial charge in [0.1, 0.15) is 0 Å². The Hall–Kier alpha value is -8.64. The van der Waals surface area contributed by atoms with Gasteiger partial charge < -0.3 is 30.4 Å². The van der Waals surface area contributed by atoms with E-state index in [4.69, 9.17) is 30.4 Å². The van der Waals surface area contributed by atoms with Gasteiger partial charge in [0.2, 0.25) is 0 Å². The van der Waals surface area contributed by atoms with Crippen LogP contribution in [0.25, 0.3) is 110 Å². The molecule has 0 aliphatic carbocycles. The first kappa shape index (κ1) is 65.2. The molecule has 4 heterocycles. The van der Waals surface area contributed by atoms with Crippen molar-refractivity contribution in [2.24, 2.45) is 0 Å². The van der Waals surface area contributed by atoms with Crippen LogP contribution in [-0.2, 0) is 40.2 Å². The van der Waals surface area contributed by atoms with Crippen LogP contribution in [0.3, 0.4) is 0 Å². The monoisotopic (exact) mass is 1450 g/mol. The summed E-state index contributed by atoms with van der Waals surface area (Å²) in [5.74, 6) is 1.49. The zero-order chi connectivity index (χ0) is 57.0. The Morgan fingerprint density at radius 1 is 0.325 bits per heavy atom. The van der Waals surface area contributed by atoms with Crippen molar-refractivity contribution in [3.63, 3.8) is 0 Å². The summed E-state index contributed by atoms with van der Waals surface area (Å²) >= 11 is 0. The number of aliphatic hydroxyl groups is 4. The molecule has 0 fully saturated rings. The van der Waals surface area contributed by atoms with Crippen LogP contribution in [0, 0.1) is 18.2 Å². The minimum absolute atomic E-state index is 0. The molecule has 420 valence electrons. The SMILES string of the molecule is CCO.CO.CO.CO.[Ir].[Ir].[c-]1ccccc1-c1ncc2ccc3ccccc3c2n1.[c-]1ccccc1-c1nccc2ccccc12.[c-]1ccccc1-c1nccc2ccccc12.c1ccc(-c2ncc3ccc4ccccc4c3n2)cc1. The zero-order valence-electron chi connectivity index (χ0n) is 46.2. The van der Waals surface area contributed by atoms with Gasteiger partial charge in [-0.15, -0.1) is 108 Å². The van der Waals surface area contributed by atoms with Crippen molar-refractivity contribution in [1.82, 2.24) is 29.9 Å². The first-order chi connectivity index (χ1) is 40.1. The predicted molar refractivity (Wildman–Crippen MR) is 333 cm³/mol. The third-order valence-electron chi connectivity index (χ3n) is 12.2. The van der Waals surface area contributed by atoms with Gasteiger partial charge in [0, 0.05) is 120 Å². The van der Waals surface area contributed by atoms with Crippen LogP contribution >= 0.6 is 0 Å². The van der Waals surface area contributed by atoms with Crippen LogP contribution in [0.4, 0.5) is 0 Å². The Morgan fingerprint density at radius 2 is 0.651 bits per heavy atom. The van der Waals surface area contributed by atoms with Crippen molar-refractivity contribution in [1.29, 1.82) is 0 Å². The van der Waals surface area contributed by atoms with Crippen LogP contribution in [0.2, 0.25) is 0 Å². The van der Waals surface area contributed by atoms with Crippen LogP contribution in [0.15, 0.2) is 261 Å². The van der Waals surface area contributed by atoms with Gasteiger partial charge in [-0.1, -0.05) is 152 Å². The van der Waals surface area contributed by atoms with E-state index in [0.29, 0.717) is 0 Å². The fraction of sp³-hybridized carbons (Fsp3) is 0.0704. The van der Waals surface area contributed by atoms with Crippen molar-refractivity contribution in [3.8, 4) is 45.3 Å². The first-order valence-corrected chi connectivity index (χ1v) is 26.0. The summed E-state index contributed by atoms with van der Waals surface area (Å²) in [6.07, 6.45) is 7.47. The number of hydrogen-bond acceptors (Lipinski definition) is 10. The minimum Gasteiger partial charge on any atom is -0.400 e. The summed E-state index contributed by atoms with van der Waals surface area (Å²) in [5.41, 5.74) is 8.04. The molecule has 10 nitrogen and oxygen atoms in total. The molecule has 0 unspecified atom stereocenters. The third-order valence-corrected chi connectivity index (χ3v) is 12.2. The van der Waals surface area contributed by atoms with E-state index >= 15 is 0 Å². The van der Waals surface area contributed by atoms with Crippen molar-refractivity contribution < 1.29 is 60.6 Å². The second-order valence-corrected chi connectivity index (χ2v) is 17.1. The van der Waals surface area contributed by atoms with Crippen molar-refractivity contribution in [2.45, 2.75) is 6.92 Å². The summed E-state index contributed by atoms with van der Waals surface area (Å²) in [7, 11) is 3.00. The summed E-state index contributed by atoms with van der Waals surface area (Å²) in [5, 5.41) is 40.2. The number of rotatable bonds is 4. The van der Waals surface area contributed by atoms with Crippen molar-refractivity contribution in [2.75, 3.05) is 27.9 Å². The smallest absolute Gasteiger partial charge is 0.159 e. The maximum absolute atomic E-state index is 7.57. The molecule has 0 amide bonds. The number of fused-ring (bicyclic) bond motifs is 8. The predicted octanol–water partition coefficient (Wildman–Crippen LogP) is 14.9. The average Bonchev–Trinajstić information content (AvgIpc) is 3.61. The Bertz CT molecular complexity index is 3870. The molecule has 0 aliphatic rings. The third kappa shape index (κ3) is 17.2. The summed E-state index contributed by atoms with van der Waals surface area (Å²) in [6, 6.07) is 88.9. The molecule has 0 bridgehead atoms. The van der Waals surface area contributed by atoms with Gasteiger partial charge in [-0.25, -0.2) is 9.97 Å². The Labute approximate surface area is 511 Å². The molecule has 0 atom stereocenters. The number of pyridine rings is 2. The molecule has 0 spiro atoms. The van der Waals surface area contributed by atoms with Gasteiger partial charge in [-0.2, -0.15) is 0 Å². The fourth-order valence-corrected chi connectivity index (χ4v) is 8.67. The molecule has 0 saturated carbocycles. The average molecular weight is 1450 g/mol. The molecule has 14 rings (SSSR count). The normalized spacial score (nSPS) is 9.78. The number of aromatic nitrogens is 6. The Balaban J connectivity index is 0.000000193. The topological polar surface area (TPSA) is 158 Å². The maximum atomic E-state index is 7.57. The molecule has 4 aromatic heterocycles. The Kier molecular flexibility index (Phi) is 27.7. The Morgan fingerprint density at radius 3 is 1.06 bits per heavy atom. The summed E-state index contributed by atoms with van der Waals surface area (Å²) in [6.45, 7) is 1.93. The molecule has 4 N–H and O–H groups in total. The molecular weight excluding hydrogens is 1390 g/mol. The van der Waals surface area contributed by atoms with Crippen LogP contribution in [-0.4, -0.2) is 78.3 Å². The van der Waals surface area contributed by atoms with Gasteiger partial charge in [0.15, 0.2) is 5.82 Å². The van der Waals surface area contributed by atoms with Gasteiger partial charge in [-0.05, 0) is 62.8 Å². The van der Waals surface area contributed by atoms with E-state index in [9.17, 15) is 0 Å². The van der Waals surface area contributed by atoms with E-state index in [1.165, 1.54) is 37.7 Å². The van der Waals surface area contributed by atoms with E-state index in [0.717, 1.165) is 93.8 Å². The quantitative estimate of drug-likeness (QED) is 0.0987. The molecule has 0 aliphatic heterocycles. The van der Waals surface area contributed by atoms with Crippen LogP contribution in [0.5, 0.6) is 0 Å². The fourth-order valence-electron chi connectivity index (χ4n) is 8.67. The maximum Gasteiger partial charge on any atom is 0.159 e. The van der Waals surface area contributed by atoms with E-state index in [1.807, 2.05) is 189 Å². The van der Waals surface area contributed by atoms with Crippen LogP contribution < -0.4 is 0 Å². The molecule has 83 heavy (non-hydrogen) atoms. The zero-order valence-corrected chi connectivity index (χ0v) is 51.0. The standard InChI is InChI=1S/C18H12N2.C18H11N2.2C15H10N.C2H6O.3CH4O.2Ir/c2*1-2-7-14(8-3-1)18-19-12-15-11-10-13-6-4-5-9-16(13)17(15)20-18;2*1-2-7-13(8-3-1)15-14-9-5-4-6-12(14)10-11-16-15;1-2-3;3*1-2;;/h1-12H;1-7,9-12H;2*1-7,9-11H;3H,2H2,1H3;3*2H,1H3;;/q;3*-1;;;;;;. The second-order valence-electron chi connectivity index (χ2n) is 17.1. The molecule has 2 radical (unpaired) electrons. The van der Waals surface area contributed by atoms with Crippen molar-refractivity contribution in [3.05, 3.63) is 280 Å². The molecule has 14 aromatic rings. The van der Waals surface area contributed by atoms with Gasteiger partial charge in [0.05, 0.1) is 16.9 Å². The molecular formula is C71H61Ir2N6O4-3. The van der Waals surface area contributed by atoms with E-state index in [-0.39, 0.29) is 46.8 Å². The van der Waals surface area contributed by atoms with E-state index in [1.54, 1.807) is 6.92 Å². The van der Waals surface area contributed by atoms with Crippen LogP contribution in [0.1, 0.15) is 6.92 Å². The van der Waals surface area contributed by atoms with Gasteiger partial charge in [-0.3, -0.25) is 9.97 Å². The summed E-state index contributed by atoms with van der Waals surface area (Å²) in [4.78, 5) is 27.3. The number of benzene rings is 10. The number of nitrogens with zero attached hydrogens (tertiary/aromatic N) is 6. The largest absolute Gasteiger partial charge is 0.400 e. The number of hydrogen-bond donors (Lipinski definition) is 4. The minimum atomic E-state index is 0. The van der Waals surface area contributed by atoms with E-state index < -0.39 is 0 Å². The van der Waals surface area contributed by atoms with Gasteiger partial charge in [0.25, 0.3) is 0 Å².